The highest BCUT2D eigenvalue weighted by Gasteiger charge is 2.32. The number of rotatable bonds is 4. The first kappa shape index (κ1) is 9.44. The molecule has 1 aliphatic rings. The Labute approximate surface area is 71.4 Å². The van der Waals surface area contributed by atoms with Crippen molar-refractivity contribution in [3.63, 3.8) is 0 Å². The summed E-state index contributed by atoms with van der Waals surface area (Å²) in [6.45, 7) is 4.61. The normalized spacial score (nSPS) is 21.0. The Kier molecular flexibility index (Phi) is 3.29. The average Bonchev–Trinajstić information content (AvgIpc) is 1.78. The van der Waals surface area contributed by atoms with Crippen LogP contribution in [0.3, 0.4) is 0 Å². The molecule has 0 radical (unpaired) electrons. The van der Waals surface area contributed by atoms with E-state index < -0.39 is 0 Å². The van der Waals surface area contributed by atoms with Gasteiger partial charge in [0.2, 0.25) is 0 Å². The van der Waals surface area contributed by atoms with Crippen LogP contribution in [-0.4, -0.2) is 12.6 Å². The Hall–Kier alpha value is 0.350. The van der Waals surface area contributed by atoms with Gasteiger partial charge in [-0.25, -0.2) is 0 Å². The van der Waals surface area contributed by atoms with Gasteiger partial charge in [0.25, 0.3) is 0 Å². The van der Waals surface area contributed by atoms with Crippen molar-refractivity contribution in [1.29, 1.82) is 0 Å². The van der Waals surface area contributed by atoms with Crippen molar-refractivity contribution in [2.75, 3.05) is 7.05 Å². The van der Waals surface area contributed by atoms with Gasteiger partial charge in [0.05, 0.1) is 0 Å². The third-order valence-corrected chi connectivity index (χ3v) is 3.65. The highest BCUT2D eigenvalue weighted by Crippen LogP contribution is 2.36. The van der Waals surface area contributed by atoms with E-state index in [-0.39, 0.29) is 0 Å². The van der Waals surface area contributed by atoms with E-state index in [1.165, 1.54) is 19.3 Å². The van der Waals surface area contributed by atoms with Gasteiger partial charge in [-0.15, -0.1) is 0 Å². The summed E-state index contributed by atoms with van der Waals surface area (Å²) >= 11 is 0. The first-order valence-electron chi connectivity index (χ1n) is 4.36. The minimum absolute atomic E-state index is 0.347. The van der Waals surface area contributed by atoms with Crippen molar-refractivity contribution in [3.8, 4) is 0 Å². The van der Waals surface area contributed by atoms with Crippen LogP contribution in [0.2, 0.25) is 0 Å². The van der Waals surface area contributed by atoms with E-state index in [4.69, 9.17) is 0 Å². The zero-order valence-electron chi connectivity index (χ0n) is 7.70. The van der Waals surface area contributed by atoms with Gasteiger partial charge in [-0.2, -0.15) is 0 Å². The smallest absolute Gasteiger partial charge is 0.0198 e. The van der Waals surface area contributed by atoms with Crippen LogP contribution in [-0.2, 0) is 0 Å². The lowest BCUT2D eigenvalue weighted by Gasteiger charge is -2.40. The van der Waals surface area contributed by atoms with Crippen molar-refractivity contribution in [2.24, 2.45) is 5.92 Å². The zero-order chi connectivity index (χ0) is 8.32. The van der Waals surface area contributed by atoms with Gasteiger partial charge in [0.1, 0.15) is 0 Å². The summed E-state index contributed by atoms with van der Waals surface area (Å²) in [6.07, 6.45) is 4.25. The molecule has 0 aromatic carbocycles. The Bertz CT molecular complexity index is 121. The van der Waals surface area contributed by atoms with Crippen LogP contribution in [0.5, 0.6) is 0 Å². The quantitative estimate of drug-likeness (QED) is 0.636. The zero-order valence-corrected chi connectivity index (χ0v) is 8.70. The molecule has 1 atom stereocenters. The lowest BCUT2D eigenvalue weighted by molar-refractivity contribution is 0.184. The number of nitrogens with one attached hydrogen (secondary N) is 2. The molecule has 0 spiro atoms. The van der Waals surface area contributed by atoms with E-state index in [2.05, 4.69) is 24.0 Å². The molecule has 0 amide bonds. The molecule has 0 saturated heterocycles. The van der Waals surface area contributed by atoms with Crippen molar-refractivity contribution < 1.29 is 0 Å². The van der Waals surface area contributed by atoms with Crippen LogP contribution in [0.1, 0.15) is 33.1 Å². The maximum absolute atomic E-state index is 3.53. The Morgan fingerprint density at radius 1 is 1.36 bits per heavy atom. The lowest BCUT2D eigenvalue weighted by Crippen LogP contribution is -2.45. The predicted octanol–water partition coefficient (Wildman–Crippen LogP) is 1.88. The van der Waals surface area contributed by atoms with Gasteiger partial charge in [-0.3, -0.25) is 10.2 Å². The molecule has 1 fully saturated rings. The van der Waals surface area contributed by atoms with Gasteiger partial charge in [-0.05, 0) is 39.7 Å². The van der Waals surface area contributed by atoms with Crippen molar-refractivity contribution in [3.05, 3.63) is 0 Å². The molecule has 0 aliphatic heterocycles. The van der Waals surface area contributed by atoms with Gasteiger partial charge < -0.3 is 0 Å². The molecular weight excluding hydrogens is 155 g/mol. The molecule has 0 aromatic rings. The molecule has 2 N–H and O–H groups in total. The first-order chi connectivity index (χ1) is 5.17. The van der Waals surface area contributed by atoms with E-state index in [1.54, 1.807) is 0 Å². The molecule has 1 saturated carbocycles. The topological polar surface area (TPSA) is 24.1 Å². The van der Waals surface area contributed by atoms with Gasteiger partial charge in [-0.1, -0.05) is 6.42 Å². The highest BCUT2D eigenvalue weighted by atomic mass is 31.1. The summed E-state index contributed by atoms with van der Waals surface area (Å²) in [5.41, 5.74) is 0.347. The molecule has 66 valence electrons. The molecule has 0 heterocycles. The highest BCUT2D eigenvalue weighted by molar-refractivity contribution is 7.33. The fourth-order valence-electron chi connectivity index (χ4n) is 1.46. The van der Waals surface area contributed by atoms with E-state index >= 15 is 0 Å². The van der Waals surface area contributed by atoms with Gasteiger partial charge in [0, 0.05) is 14.4 Å². The second-order valence-corrected chi connectivity index (χ2v) is 4.85. The molecule has 1 unspecified atom stereocenters. The summed E-state index contributed by atoms with van der Waals surface area (Å²) in [6, 6.07) is 0. The van der Waals surface area contributed by atoms with Crippen LogP contribution >= 0.6 is 8.88 Å². The van der Waals surface area contributed by atoms with Crippen molar-refractivity contribution in [1.82, 2.24) is 10.2 Å². The predicted molar refractivity (Wildman–Crippen MR) is 51.9 cm³/mol. The molecule has 11 heavy (non-hydrogen) atoms. The Balaban J connectivity index is 2.25. The van der Waals surface area contributed by atoms with E-state index in [0.717, 1.165) is 5.92 Å². The second-order valence-electron chi connectivity index (χ2n) is 3.85. The molecular formula is C8H19N2P. The summed E-state index contributed by atoms with van der Waals surface area (Å²) in [5.74, 6) is 0.906. The summed E-state index contributed by atoms with van der Waals surface area (Å²) < 4.78 is 0. The van der Waals surface area contributed by atoms with Crippen LogP contribution < -0.4 is 10.2 Å². The third-order valence-electron chi connectivity index (χ3n) is 2.64. The SMILES string of the molecule is CNPNC(C)(C)C1CCC1. The van der Waals surface area contributed by atoms with E-state index in [0.29, 0.717) is 14.4 Å². The average molecular weight is 174 g/mol. The second kappa shape index (κ2) is 3.84. The molecule has 0 bridgehead atoms. The van der Waals surface area contributed by atoms with Crippen LogP contribution in [0.4, 0.5) is 0 Å². The number of hydrogen-bond acceptors (Lipinski definition) is 2. The first-order valence-corrected chi connectivity index (χ1v) is 5.36. The van der Waals surface area contributed by atoms with Crippen LogP contribution in [0, 0.1) is 5.92 Å². The molecule has 0 aromatic heterocycles. The van der Waals surface area contributed by atoms with E-state index in [1.807, 2.05) is 7.05 Å². The van der Waals surface area contributed by atoms with Gasteiger partial charge in [0.15, 0.2) is 0 Å². The van der Waals surface area contributed by atoms with Crippen LogP contribution in [0.25, 0.3) is 0 Å². The number of hydrogen-bond donors (Lipinski definition) is 2. The summed E-state index contributed by atoms with van der Waals surface area (Å²) in [4.78, 5) is 0. The van der Waals surface area contributed by atoms with Crippen molar-refractivity contribution in [2.45, 2.75) is 38.6 Å². The molecule has 3 heteroatoms. The van der Waals surface area contributed by atoms with E-state index in [9.17, 15) is 0 Å². The third kappa shape index (κ3) is 2.40. The molecule has 2 nitrogen and oxygen atoms in total. The molecule has 1 rings (SSSR count). The molecule has 1 aliphatic carbocycles. The maximum atomic E-state index is 3.53. The standard InChI is InChI=1S/C8H19N2P/c1-8(2,10-11-9-3)7-5-4-6-7/h7,9-11H,4-6H2,1-3H3. The maximum Gasteiger partial charge on any atom is 0.0198 e. The fraction of sp³-hybridized carbons (Fsp3) is 1.00. The van der Waals surface area contributed by atoms with Crippen molar-refractivity contribution >= 4 is 8.88 Å². The largest absolute Gasteiger partial charge is 0.289 e. The fourth-order valence-corrected chi connectivity index (χ4v) is 2.11. The van der Waals surface area contributed by atoms with Gasteiger partial charge >= 0.3 is 0 Å². The summed E-state index contributed by atoms with van der Waals surface area (Å²) in [5, 5.41) is 6.67. The van der Waals surface area contributed by atoms with Crippen LogP contribution in [0.15, 0.2) is 0 Å². The minimum atomic E-state index is 0.347. The summed E-state index contributed by atoms with van der Waals surface area (Å²) in [7, 11) is 2.68. The Morgan fingerprint density at radius 3 is 2.36 bits per heavy atom. The monoisotopic (exact) mass is 174 g/mol. The Morgan fingerprint density at radius 2 is 2.00 bits per heavy atom. The lowest BCUT2D eigenvalue weighted by atomic mass is 9.73. The minimum Gasteiger partial charge on any atom is -0.289 e.